The van der Waals surface area contributed by atoms with E-state index in [0.717, 1.165) is 0 Å². The topological polar surface area (TPSA) is 3.24 Å². The summed E-state index contributed by atoms with van der Waals surface area (Å²) < 4.78 is 188. The van der Waals surface area contributed by atoms with Crippen LogP contribution in [-0.2, 0) is 0 Å². The average Bonchev–Trinajstić information content (AvgIpc) is 2.39. The molecule has 0 amide bonds. The van der Waals surface area contributed by atoms with E-state index in [4.69, 9.17) is 0 Å². The largest absolute Gasteiger partial charge is 0.386 e. The van der Waals surface area contributed by atoms with Gasteiger partial charge in [0.05, 0.1) is 0 Å². The lowest BCUT2D eigenvalue weighted by Crippen LogP contribution is -2.87. The van der Waals surface area contributed by atoms with E-state index in [1.807, 2.05) is 0 Å². The second-order valence-corrected chi connectivity index (χ2v) is 5.67. The summed E-state index contributed by atoms with van der Waals surface area (Å²) in [4.78, 5) is -1.84. The maximum Gasteiger partial charge on any atom is 0.386 e. The van der Waals surface area contributed by atoms with Gasteiger partial charge in [0.2, 0.25) is 0 Å². The van der Waals surface area contributed by atoms with Crippen LogP contribution in [0.3, 0.4) is 0 Å². The van der Waals surface area contributed by atoms with Crippen molar-refractivity contribution in [1.29, 1.82) is 0 Å². The number of halogens is 14. The molecule has 0 aromatic carbocycles. The van der Waals surface area contributed by atoms with Gasteiger partial charge in [-0.05, 0) is 7.05 Å². The molecule has 0 N–H and O–H groups in total. The molecule has 148 valence electrons. The van der Waals surface area contributed by atoms with Crippen molar-refractivity contribution in [3.8, 4) is 0 Å². The number of likely N-dealkylation sites (tertiary alicyclic amines) is 1. The molecular weight excluding hydrogens is 400 g/mol. The summed E-state index contributed by atoms with van der Waals surface area (Å²) in [6.07, 6.45) is 0. The van der Waals surface area contributed by atoms with Crippen LogP contribution < -0.4 is 0 Å². The van der Waals surface area contributed by atoms with Crippen LogP contribution in [0.25, 0.3) is 0 Å². The fourth-order valence-electron chi connectivity index (χ4n) is 2.89. The highest BCUT2D eigenvalue weighted by atomic mass is 19.4. The molecule has 2 aliphatic rings. The molecule has 2 fully saturated rings. The maximum absolute atomic E-state index is 13.6. The molecule has 2 rings (SSSR count). The first-order valence-electron chi connectivity index (χ1n) is 6.02. The Balaban J connectivity index is 2.90. The summed E-state index contributed by atoms with van der Waals surface area (Å²) in [5, 5.41) is 0. The second kappa shape index (κ2) is 4.44. The molecule has 25 heavy (non-hydrogen) atoms. The number of hydrogen-bond donors (Lipinski definition) is 0. The lowest BCUT2D eigenvalue weighted by molar-refractivity contribution is -0.493. The first-order valence-corrected chi connectivity index (χ1v) is 6.02. The Morgan fingerprint density at radius 3 is 1.24 bits per heavy atom. The Labute approximate surface area is 128 Å². The van der Waals surface area contributed by atoms with Crippen LogP contribution in [0.15, 0.2) is 0 Å². The van der Waals surface area contributed by atoms with Crippen LogP contribution in [0, 0.1) is 5.92 Å². The summed E-state index contributed by atoms with van der Waals surface area (Å²) in [5.41, 5.74) is 0. The zero-order chi connectivity index (χ0) is 20.2. The molecule has 0 bridgehead atoms. The fourth-order valence-corrected chi connectivity index (χ4v) is 2.89. The van der Waals surface area contributed by atoms with Crippen molar-refractivity contribution in [1.82, 2.24) is 4.90 Å². The van der Waals surface area contributed by atoms with Crippen molar-refractivity contribution in [3.63, 3.8) is 0 Å². The monoisotopic (exact) mass is 405 g/mol. The van der Waals surface area contributed by atoms with E-state index in [1.165, 1.54) is 0 Å². The third-order valence-electron chi connectivity index (χ3n) is 4.36. The van der Waals surface area contributed by atoms with Gasteiger partial charge in [-0.25, -0.2) is 4.90 Å². The quantitative estimate of drug-likeness (QED) is 0.429. The Morgan fingerprint density at radius 1 is 0.520 bits per heavy atom. The van der Waals surface area contributed by atoms with Gasteiger partial charge < -0.3 is 0 Å². The molecule has 1 aliphatic heterocycles. The van der Waals surface area contributed by atoms with E-state index >= 15 is 0 Å². The highest BCUT2D eigenvalue weighted by molar-refractivity contribution is 5.25. The van der Waals surface area contributed by atoms with Crippen molar-refractivity contribution < 1.29 is 61.5 Å². The standard InChI is InChI=1S/C10H5F14N/c1-25-3-2(5(13,14)9(21,22)10(25,23)24)4(11,12)7(17,18)8(19,20)6(3,15)16/h2-3H,1H3. The predicted octanol–water partition coefficient (Wildman–Crippen LogP) is 4.33. The van der Waals surface area contributed by atoms with Crippen molar-refractivity contribution in [3.05, 3.63) is 0 Å². The first kappa shape index (κ1) is 20.3. The molecule has 1 nitrogen and oxygen atoms in total. The summed E-state index contributed by atoms with van der Waals surface area (Å²) in [6.45, 7) is 0. The Bertz CT molecular complexity index is 572. The number of fused-ring (bicyclic) bond motifs is 1. The first-order chi connectivity index (χ1) is 10.6. The van der Waals surface area contributed by atoms with Gasteiger partial charge in [-0.2, -0.15) is 61.5 Å². The number of rotatable bonds is 0. The van der Waals surface area contributed by atoms with Gasteiger partial charge >= 0.3 is 41.6 Å². The predicted molar refractivity (Wildman–Crippen MR) is 49.7 cm³/mol. The third-order valence-corrected chi connectivity index (χ3v) is 4.36. The van der Waals surface area contributed by atoms with Gasteiger partial charge in [-0.3, -0.25) is 0 Å². The van der Waals surface area contributed by atoms with Crippen LogP contribution in [0.4, 0.5) is 61.5 Å². The zero-order valence-electron chi connectivity index (χ0n) is 11.4. The molecule has 15 heteroatoms. The van der Waals surface area contributed by atoms with Gasteiger partial charge in [0, 0.05) is 0 Å². The zero-order valence-corrected chi connectivity index (χ0v) is 11.4. The van der Waals surface area contributed by atoms with Crippen molar-refractivity contribution in [2.24, 2.45) is 5.92 Å². The molecule has 0 aromatic heterocycles. The van der Waals surface area contributed by atoms with Crippen molar-refractivity contribution >= 4 is 0 Å². The Kier molecular flexibility index (Phi) is 3.61. The van der Waals surface area contributed by atoms with Gasteiger partial charge in [0.15, 0.2) is 0 Å². The summed E-state index contributed by atoms with van der Waals surface area (Å²) >= 11 is 0. The molecular formula is C10H5F14N. The van der Waals surface area contributed by atoms with Crippen LogP contribution in [0.1, 0.15) is 0 Å². The van der Waals surface area contributed by atoms with Crippen LogP contribution in [-0.4, -0.2) is 59.6 Å². The van der Waals surface area contributed by atoms with Gasteiger partial charge in [-0.1, -0.05) is 0 Å². The average molecular weight is 405 g/mol. The number of alkyl halides is 14. The molecule has 0 spiro atoms. The normalized spacial score (nSPS) is 39.5. The third kappa shape index (κ3) is 1.75. The highest BCUT2D eigenvalue weighted by Gasteiger charge is 2.98. The summed E-state index contributed by atoms with van der Waals surface area (Å²) in [7, 11) is -0.551. The molecule has 2 atom stereocenters. The molecule has 0 radical (unpaired) electrons. The van der Waals surface area contributed by atoms with E-state index in [0.29, 0.717) is 0 Å². The molecule has 1 saturated heterocycles. The van der Waals surface area contributed by atoms with Gasteiger partial charge in [-0.15, -0.1) is 0 Å². The van der Waals surface area contributed by atoms with Crippen LogP contribution in [0.5, 0.6) is 0 Å². The molecule has 1 aliphatic carbocycles. The van der Waals surface area contributed by atoms with E-state index in [2.05, 4.69) is 0 Å². The van der Waals surface area contributed by atoms with Crippen LogP contribution in [0.2, 0.25) is 0 Å². The minimum atomic E-state index is -7.22. The Morgan fingerprint density at radius 2 is 0.840 bits per heavy atom. The lowest BCUT2D eigenvalue weighted by Gasteiger charge is -2.59. The van der Waals surface area contributed by atoms with E-state index in [1.54, 1.807) is 0 Å². The molecule has 2 unspecified atom stereocenters. The summed E-state index contributed by atoms with van der Waals surface area (Å²) in [5.74, 6) is -46.8. The van der Waals surface area contributed by atoms with Crippen molar-refractivity contribution in [2.75, 3.05) is 7.05 Å². The minimum Gasteiger partial charge on any atom is -0.232 e. The SMILES string of the molecule is CN1C2C(C(F)(F)C(F)(F)C1(F)F)C(F)(F)C(F)(F)C(F)(F)C2(F)F. The van der Waals surface area contributed by atoms with Gasteiger partial charge in [0.1, 0.15) is 12.0 Å². The molecule has 1 saturated carbocycles. The lowest BCUT2D eigenvalue weighted by atomic mass is 9.66. The second-order valence-electron chi connectivity index (χ2n) is 5.67. The van der Waals surface area contributed by atoms with Crippen molar-refractivity contribution in [2.45, 2.75) is 47.6 Å². The Hall–Kier alpha value is -1.02. The van der Waals surface area contributed by atoms with Crippen LogP contribution >= 0.6 is 0 Å². The number of piperidine rings is 1. The van der Waals surface area contributed by atoms with E-state index in [-0.39, 0.29) is 0 Å². The number of hydrogen-bond acceptors (Lipinski definition) is 1. The molecule has 1 heterocycles. The smallest absolute Gasteiger partial charge is 0.232 e. The van der Waals surface area contributed by atoms with Gasteiger partial charge in [0.25, 0.3) is 0 Å². The van der Waals surface area contributed by atoms with E-state index in [9.17, 15) is 61.5 Å². The maximum atomic E-state index is 13.6. The molecule has 0 aromatic rings. The minimum absolute atomic E-state index is 0.551. The number of nitrogens with zero attached hydrogens (tertiary/aromatic N) is 1. The highest BCUT2D eigenvalue weighted by Crippen LogP contribution is 2.70. The summed E-state index contributed by atoms with van der Waals surface area (Å²) in [6, 6.07) is -11.0. The fraction of sp³-hybridized carbons (Fsp3) is 1.00. The van der Waals surface area contributed by atoms with E-state index < -0.39 is 65.5 Å².